The molecule has 0 amide bonds. The van der Waals surface area contributed by atoms with E-state index in [1.807, 2.05) is 12.1 Å². The summed E-state index contributed by atoms with van der Waals surface area (Å²) in [4.78, 5) is 0.455. The fourth-order valence-electron chi connectivity index (χ4n) is 2.77. The van der Waals surface area contributed by atoms with Gasteiger partial charge < -0.3 is 5.32 Å². The molecule has 0 saturated carbocycles. The van der Waals surface area contributed by atoms with E-state index in [2.05, 4.69) is 5.32 Å². The minimum Gasteiger partial charge on any atom is -0.317 e. The Kier molecular flexibility index (Phi) is 2.99. The summed E-state index contributed by atoms with van der Waals surface area (Å²) in [6.07, 6.45) is 5.19. The smallest absolute Gasteiger partial charge is 0.200 e. The van der Waals surface area contributed by atoms with Crippen LogP contribution in [0, 0.1) is 5.92 Å². The molecule has 0 bridgehead atoms. The Bertz CT molecular complexity index is 584. The number of sulfone groups is 1. The van der Waals surface area contributed by atoms with Crippen LogP contribution in [0.4, 0.5) is 0 Å². The number of piperidine rings is 1. The topological polar surface area (TPSA) is 46.2 Å². The van der Waals surface area contributed by atoms with Crippen molar-refractivity contribution in [1.29, 1.82) is 0 Å². The monoisotopic (exact) mass is 263 g/mol. The van der Waals surface area contributed by atoms with E-state index in [1.165, 1.54) is 23.8 Å². The van der Waals surface area contributed by atoms with Crippen molar-refractivity contribution >= 4 is 15.9 Å². The molecular formula is C14H17NO2S. The highest BCUT2D eigenvalue weighted by atomic mass is 32.2. The van der Waals surface area contributed by atoms with Crippen LogP contribution in [0.3, 0.4) is 0 Å². The summed E-state index contributed by atoms with van der Waals surface area (Å²) in [7, 11) is -3.15. The first-order valence-electron chi connectivity index (χ1n) is 6.42. The summed E-state index contributed by atoms with van der Waals surface area (Å²) in [5.74, 6) is 0.728. The van der Waals surface area contributed by atoms with Crippen LogP contribution in [0.1, 0.15) is 24.0 Å². The second kappa shape index (κ2) is 4.52. The molecule has 0 aliphatic carbocycles. The Labute approximate surface area is 108 Å². The van der Waals surface area contributed by atoms with Gasteiger partial charge in [-0.3, -0.25) is 0 Å². The van der Waals surface area contributed by atoms with E-state index in [1.54, 1.807) is 12.1 Å². The van der Waals surface area contributed by atoms with E-state index >= 15 is 0 Å². The van der Waals surface area contributed by atoms with Crippen molar-refractivity contribution in [3.8, 4) is 0 Å². The quantitative estimate of drug-likeness (QED) is 0.887. The van der Waals surface area contributed by atoms with E-state index < -0.39 is 9.84 Å². The predicted molar refractivity (Wildman–Crippen MR) is 72.0 cm³/mol. The molecule has 2 aliphatic rings. The summed E-state index contributed by atoms with van der Waals surface area (Å²) in [5, 5.41) is 4.66. The van der Waals surface area contributed by atoms with Gasteiger partial charge in [0.05, 0.1) is 4.90 Å². The third kappa shape index (κ3) is 2.22. The third-order valence-corrected chi connectivity index (χ3v) is 5.27. The highest BCUT2D eigenvalue weighted by Crippen LogP contribution is 2.29. The zero-order valence-electron chi connectivity index (χ0n) is 10.2. The first kappa shape index (κ1) is 11.9. The van der Waals surface area contributed by atoms with Crippen molar-refractivity contribution in [3.05, 3.63) is 34.7 Å². The van der Waals surface area contributed by atoms with Crippen molar-refractivity contribution in [1.82, 2.24) is 5.32 Å². The van der Waals surface area contributed by atoms with Gasteiger partial charge in [-0.15, -0.1) is 0 Å². The normalized spacial score (nSPS) is 22.0. The largest absolute Gasteiger partial charge is 0.317 e. The molecule has 0 radical (unpaired) electrons. The molecule has 0 atom stereocenters. The van der Waals surface area contributed by atoms with Crippen molar-refractivity contribution in [3.63, 3.8) is 0 Å². The minimum absolute atomic E-state index is 0.455. The van der Waals surface area contributed by atoms with Gasteiger partial charge in [0.2, 0.25) is 0 Å². The highest BCUT2D eigenvalue weighted by Gasteiger charge is 2.21. The van der Waals surface area contributed by atoms with Crippen molar-refractivity contribution in [2.45, 2.75) is 24.2 Å². The van der Waals surface area contributed by atoms with Gasteiger partial charge >= 0.3 is 0 Å². The van der Waals surface area contributed by atoms with E-state index in [4.69, 9.17) is 0 Å². The highest BCUT2D eigenvalue weighted by molar-refractivity contribution is 7.94. The van der Waals surface area contributed by atoms with Crippen molar-refractivity contribution < 1.29 is 8.42 Å². The Balaban J connectivity index is 1.81. The zero-order chi connectivity index (χ0) is 12.6. The van der Waals surface area contributed by atoms with Crippen LogP contribution in [0.2, 0.25) is 0 Å². The Morgan fingerprint density at radius 2 is 2.00 bits per heavy atom. The molecule has 96 valence electrons. The summed E-state index contributed by atoms with van der Waals surface area (Å²) in [6, 6.07) is 5.74. The standard InChI is InChI=1S/C14H17NO2S/c16-18(17)8-5-13-10-12(1-2-14(13)18)9-11-3-6-15-7-4-11/h1-2,5,8,10-11,15H,3-4,6-7,9H2. The molecule has 1 aromatic rings. The number of benzene rings is 1. The van der Waals surface area contributed by atoms with Gasteiger partial charge in [-0.1, -0.05) is 12.1 Å². The van der Waals surface area contributed by atoms with Gasteiger partial charge in [-0.25, -0.2) is 8.42 Å². The molecule has 0 aromatic heterocycles. The molecule has 1 saturated heterocycles. The molecule has 18 heavy (non-hydrogen) atoms. The number of hydrogen-bond donors (Lipinski definition) is 1. The third-order valence-electron chi connectivity index (χ3n) is 3.79. The summed E-state index contributed by atoms with van der Waals surface area (Å²) in [5.41, 5.74) is 2.10. The molecule has 1 N–H and O–H groups in total. The van der Waals surface area contributed by atoms with Crippen LogP contribution < -0.4 is 5.32 Å². The summed E-state index contributed by atoms with van der Waals surface area (Å²) >= 11 is 0. The van der Waals surface area contributed by atoms with Crippen LogP contribution in [-0.2, 0) is 16.3 Å². The molecule has 2 aliphatic heterocycles. The van der Waals surface area contributed by atoms with Crippen LogP contribution in [0.25, 0.3) is 6.08 Å². The van der Waals surface area contributed by atoms with E-state index in [0.717, 1.165) is 31.0 Å². The van der Waals surface area contributed by atoms with Crippen LogP contribution in [0.5, 0.6) is 0 Å². The first-order valence-corrected chi connectivity index (χ1v) is 7.96. The Morgan fingerprint density at radius 1 is 1.22 bits per heavy atom. The van der Waals surface area contributed by atoms with Crippen LogP contribution in [-0.4, -0.2) is 21.5 Å². The summed E-state index contributed by atoms with van der Waals surface area (Å²) < 4.78 is 23.3. The average molecular weight is 263 g/mol. The molecule has 1 aromatic carbocycles. The fraction of sp³-hybridized carbons (Fsp3) is 0.429. The molecule has 4 heteroatoms. The Hall–Kier alpha value is -1.13. The molecular weight excluding hydrogens is 246 g/mol. The lowest BCUT2D eigenvalue weighted by Gasteiger charge is -2.22. The molecule has 3 nitrogen and oxygen atoms in total. The van der Waals surface area contributed by atoms with Gasteiger partial charge in [0.25, 0.3) is 0 Å². The maximum Gasteiger partial charge on any atom is 0.200 e. The lowest BCUT2D eigenvalue weighted by molar-refractivity contribution is 0.372. The van der Waals surface area contributed by atoms with E-state index in [9.17, 15) is 8.42 Å². The minimum atomic E-state index is -3.15. The van der Waals surface area contributed by atoms with Crippen LogP contribution >= 0.6 is 0 Å². The second-order valence-corrected chi connectivity index (χ2v) is 6.92. The van der Waals surface area contributed by atoms with Crippen molar-refractivity contribution in [2.75, 3.05) is 13.1 Å². The SMILES string of the molecule is O=S1(=O)C=Cc2cc(CC3CCNCC3)ccc21. The lowest BCUT2D eigenvalue weighted by Crippen LogP contribution is -2.28. The molecule has 1 fully saturated rings. The van der Waals surface area contributed by atoms with Gasteiger partial charge in [0, 0.05) is 5.41 Å². The van der Waals surface area contributed by atoms with Gasteiger partial charge in [-0.2, -0.15) is 0 Å². The predicted octanol–water partition coefficient (Wildman–Crippen LogP) is 1.99. The first-order chi connectivity index (χ1) is 8.65. The molecule has 0 unspecified atom stereocenters. The Morgan fingerprint density at radius 3 is 2.78 bits per heavy atom. The van der Waals surface area contributed by atoms with Crippen LogP contribution in [0.15, 0.2) is 28.5 Å². The number of nitrogens with one attached hydrogen (secondary N) is 1. The van der Waals surface area contributed by atoms with Crippen molar-refractivity contribution in [2.24, 2.45) is 5.92 Å². The number of rotatable bonds is 2. The van der Waals surface area contributed by atoms with E-state index in [-0.39, 0.29) is 0 Å². The fourth-order valence-corrected chi connectivity index (χ4v) is 3.96. The lowest BCUT2D eigenvalue weighted by atomic mass is 9.90. The van der Waals surface area contributed by atoms with E-state index in [0.29, 0.717) is 4.90 Å². The maximum absolute atomic E-state index is 11.7. The molecule has 2 heterocycles. The number of fused-ring (bicyclic) bond motifs is 1. The van der Waals surface area contributed by atoms with Gasteiger partial charge in [0.15, 0.2) is 9.84 Å². The zero-order valence-corrected chi connectivity index (χ0v) is 11.0. The van der Waals surface area contributed by atoms with Gasteiger partial charge in [0.1, 0.15) is 0 Å². The summed E-state index contributed by atoms with van der Waals surface area (Å²) in [6.45, 7) is 2.20. The second-order valence-electron chi connectivity index (χ2n) is 5.12. The maximum atomic E-state index is 11.7. The van der Waals surface area contributed by atoms with Gasteiger partial charge in [-0.05, 0) is 61.5 Å². The number of hydrogen-bond acceptors (Lipinski definition) is 3. The average Bonchev–Trinajstić information content (AvgIpc) is 2.66. The molecule has 0 spiro atoms. The molecule has 3 rings (SSSR count).